The first-order valence-electron chi connectivity index (χ1n) is 7.04. The zero-order chi connectivity index (χ0) is 13.7. The number of hydrazine groups is 1. The molecule has 1 fully saturated rings. The molecular formula is C14H23N3O2. The molecule has 5 heteroatoms. The predicted octanol–water partition coefficient (Wildman–Crippen LogP) is 1.90. The van der Waals surface area contributed by atoms with Gasteiger partial charge in [-0.3, -0.25) is 15.1 Å². The summed E-state index contributed by atoms with van der Waals surface area (Å²) < 4.78 is 5.20. The second kappa shape index (κ2) is 6.73. The third kappa shape index (κ3) is 3.58. The van der Waals surface area contributed by atoms with Crippen molar-refractivity contribution in [1.82, 2.24) is 10.3 Å². The molecule has 0 atom stereocenters. The van der Waals surface area contributed by atoms with Gasteiger partial charge in [0, 0.05) is 12.1 Å². The van der Waals surface area contributed by atoms with E-state index >= 15 is 0 Å². The summed E-state index contributed by atoms with van der Waals surface area (Å²) in [6, 6.07) is 1.85. The largest absolute Gasteiger partial charge is 0.459 e. The minimum Gasteiger partial charge on any atom is -0.459 e. The molecule has 0 bridgehead atoms. The van der Waals surface area contributed by atoms with Crippen molar-refractivity contribution >= 4 is 5.91 Å². The molecule has 1 amide bonds. The molecule has 106 valence electrons. The van der Waals surface area contributed by atoms with Crippen LogP contribution in [0.1, 0.15) is 48.7 Å². The summed E-state index contributed by atoms with van der Waals surface area (Å²) in [5, 5.41) is 0. The smallest absolute Gasteiger partial charge is 0.301 e. The first-order valence-corrected chi connectivity index (χ1v) is 7.04. The maximum Gasteiger partial charge on any atom is 0.301 e. The van der Waals surface area contributed by atoms with E-state index in [2.05, 4.69) is 17.2 Å². The Morgan fingerprint density at radius 1 is 1.53 bits per heavy atom. The highest BCUT2D eigenvalue weighted by Crippen LogP contribution is 2.23. The van der Waals surface area contributed by atoms with Gasteiger partial charge in [0.2, 0.25) is 0 Å². The molecule has 0 aliphatic carbocycles. The highest BCUT2D eigenvalue weighted by molar-refractivity contribution is 5.92. The summed E-state index contributed by atoms with van der Waals surface area (Å²) in [5.74, 6) is 5.99. The van der Waals surface area contributed by atoms with Crippen LogP contribution in [-0.4, -0.2) is 23.9 Å². The fourth-order valence-electron chi connectivity index (χ4n) is 2.81. The lowest BCUT2D eigenvalue weighted by atomic mass is 9.92. The molecule has 0 spiro atoms. The van der Waals surface area contributed by atoms with Crippen LogP contribution in [0.3, 0.4) is 0 Å². The summed E-state index contributed by atoms with van der Waals surface area (Å²) in [7, 11) is 0. The van der Waals surface area contributed by atoms with Gasteiger partial charge in [0.05, 0.1) is 6.26 Å². The van der Waals surface area contributed by atoms with E-state index < -0.39 is 0 Å². The molecule has 5 nitrogen and oxygen atoms in total. The topological polar surface area (TPSA) is 71.5 Å². The summed E-state index contributed by atoms with van der Waals surface area (Å²) in [4.78, 5) is 13.9. The number of rotatable bonds is 5. The van der Waals surface area contributed by atoms with Crippen LogP contribution in [0.4, 0.5) is 0 Å². The van der Waals surface area contributed by atoms with Crippen LogP contribution in [0, 0.1) is 5.92 Å². The fourth-order valence-corrected chi connectivity index (χ4v) is 2.81. The Morgan fingerprint density at radius 2 is 2.26 bits per heavy atom. The Labute approximate surface area is 114 Å². The number of nitrogens with one attached hydrogen (secondary N) is 1. The van der Waals surface area contributed by atoms with Crippen molar-refractivity contribution in [2.75, 3.05) is 13.1 Å². The number of amides is 1. The zero-order valence-electron chi connectivity index (χ0n) is 11.5. The predicted molar refractivity (Wildman–Crippen MR) is 73.3 cm³/mol. The number of likely N-dealkylation sites (tertiary alicyclic amines) is 1. The van der Waals surface area contributed by atoms with Crippen LogP contribution >= 0.6 is 0 Å². The zero-order valence-corrected chi connectivity index (χ0v) is 11.5. The average Bonchev–Trinajstić information content (AvgIpc) is 2.88. The summed E-state index contributed by atoms with van der Waals surface area (Å²) in [6.07, 6.45) is 6.66. The summed E-state index contributed by atoms with van der Waals surface area (Å²) in [5.41, 5.74) is 3.03. The molecule has 1 aliphatic rings. The van der Waals surface area contributed by atoms with Gasteiger partial charge in [-0.25, -0.2) is 5.84 Å². The molecule has 0 aromatic carbocycles. The van der Waals surface area contributed by atoms with Crippen LogP contribution < -0.4 is 11.3 Å². The summed E-state index contributed by atoms with van der Waals surface area (Å²) in [6.45, 7) is 5.20. The van der Waals surface area contributed by atoms with Crippen LogP contribution in [0.5, 0.6) is 0 Å². The molecule has 2 rings (SSSR count). The van der Waals surface area contributed by atoms with Crippen molar-refractivity contribution in [2.45, 2.75) is 39.2 Å². The Balaban J connectivity index is 1.89. The van der Waals surface area contributed by atoms with E-state index in [9.17, 15) is 4.79 Å². The van der Waals surface area contributed by atoms with E-state index in [0.717, 1.165) is 31.1 Å². The molecule has 0 saturated carbocycles. The third-order valence-corrected chi connectivity index (χ3v) is 3.88. The molecule has 2 heterocycles. The molecular weight excluding hydrogens is 242 g/mol. The van der Waals surface area contributed by atoms with Gasteiger partial charge in [-0.05, 0) is 37.9 Å². The molecule has 1 saturated heterocycles. The maximum absolute atomic E-state index is 11.5. The number of nitrogens with two attached hydrogens (primary N) is 1. The van der Waals surface area contributed by atoms with Crippen molar-refractivity contribution in [3.63, 3.8) is 0 Å². The normalized spacial score (nSPS) is 17.6. The van der Waals surface area contributed by atoms with Crippen molar-refractivity contribution in [1.29, 1.82) is 0 Å². The van der Waals surface area contributed by atoms with Crippen LogP contribution in [0.25, 0.3) is 0 Å². The van der Waals surface area contributed by atoms with Gasteiger partial charge in [-0.15, -0.1) is 0 Å². The average molecular weight is 265 g/mol. The van der Waals surface area contributed by atoms with E-state index in [1.165, 1.54) is 25.7 Å². The lowest BCUT2D eigenvalue weighted by molar-refractivity contribution is 0.0921. The second-order valence-electron chi connectivity index (χ2n) is 5.26. The van der Waals surface area contributed by atoms with Crippen molar-refractivity contribution in [3.05, 3.63) is 23.7 Å². The standard InChI is InChI=1S/C14H23N3O2/c1-2-3-11-4-7-17(8-5-11)10-12-6-9-19-13(12)14(18)16-15/h6,9,11H,2-5,7-8,10,15H2,1H3,(H,16,18). The number of carbonyl (C=O) groups excluding carboxylic acids is 1. The Kier molecular flexibility index (Phi) is 4.99. The van der Waals surface area contributed by atoms with Gasteiger partial charge < -0.3 is 4.42 Å². The molecule has 1 aliphatic heterocycles. The first kappa shape index (κ1) is 14.1. The summed E-state index contributed by atoms with van der Waals surface area (Å²) >= 11 is 0. The lowest BCUT2D eigenvalue weighted by Gasteiger charge is -2.31. The molecule has 0 radical (unpaired) electrons. The van der Waals surface area contributed by atoms with Gasteiger partial charge in [-0.1, -0.05) is 19.8 Å². The van der Waals surface area contributed by atoms with Gasteiger partial charge in [0.25, 0.3) is 0 Å². The molecule has 0 unspecified atom stereocenters. The highest BCUT2D eigenvalue weighted by atomic mass is 16.3. The van der Waals surface area contributed by atoms with Crippen molar-refractivity contribution in [3.8, 4) is 0 Å². The van der Waals surface area contributed by atoms with Gasteiger partial charge in [0.1, 0.15) is 0 Å². The monoisotopic (exact) mass is 265 g/mol. The van der Waals surface area contributed by atoms with E-state index in [-0.39, 0.29) is 5.91 Å². The maximum atomic E-state index is 11.5. The van der Waals surface area contributed by atoms with Crippen LogP contribution in [0.15, 0.2) is 16.7 Å². The number of nitrogens with zero attached hydrogens (tertiary/aromatic N) is 1. The van der Waals surface area contributed by atoms with E-state index in [1.54, 1.807) is 6.26 Å². The van der Waals surface area contributed by atoms with Gasteiger partial charge in [0.15, 0.2) is 5.76 Å². The fraction of sp³-hybridized carbons (Fsp3) is 0.643. The molecule has 1 aromatic heterocycles. The van der Waals surface area contributed by atoms with Crippen molar-refractivity contribution < 1.29 is 9.21 Å². The second-order valence-corrected chi connectivity index (χ2v) is 5.26. The molecule has 1 aromatic rings. The Morgan fingerprint density at radius 3 is 2.89 bits per heavy atom. The highest BCUT2D eigenvalue weighted by Gasteiger charge is 2.21. The lowest BCUT2D eigenvalue weighted by Crippen LogP contribution is -2.34. The van der Waals surface area contributed by atoms with E-state index in [4.69, 9.17) is 10.3 Å². The Bertz CT molecular complexity index is 409. The van der Waals surface area contributed by atoms with E-state index in [0.29, 0.717) is 5.76 Å². The van der Waals surface area contributed by atoms with Gasteiger partial charge >= 0.3 is 5.91 Å². The minimum atomic E-state index is -0.360. The number of hydrogen-bond donors (Lipinski definition) is 2. The van der Waals surface area contributed by atoms with Gasteiger partial charge in [-0.2, -0.15) is 0 Å². The quantitative estimate of drug-likeness (QED) is 0.484. The Hall–Kier alpha value is -1.33. The molecule has 3 N–H and O–H groups in total. The molecule has 19 heavy (non-hydrogen) atoms. The number of furan rings is 1. The van der Waals surface area contributed by atoms with Crippen LogP contribution in [0.2, 0.25) is 0 Å². The third-order valence-electron chi connectivity index (χ3n) is 3.88. The van der Waals surface area contributed by atoms with Crippen LogP contribution in [-0.2, 0) is 6.54 Å². The van der Waals surface area contributed by atoms with Crippen molar-refractivity contribution in [2.24, 2.45) is 11.8 Å². The number of hydrogen-bond acceptors (Lipinski definition) is 4. The number of carbonyl (C=O) groups is 1. The first-order chi connectivity index (χ1) is 9.24. The van der Waals surface area contributed by atoms with E-state index in [1.807, 2.05) is 6.07 Å². The minimum absolute atomic E-state index is 0.332. The number of nitrogen functional groups attached to an aromatic ring is 1. The SMILES string of the molecule is CCCC1CCN(Cc2ccoc2C(=O)NN)CC1. The number of piperidine rings is 1.